The van der Waals surface area contributed by atoms with Crippen LogP contribution in [0.15, 0.2) is 99.9 Å². The molecule has 2 aliphatic carbocycles. The molecule has 1 unspecified atom stereocenters. The van der Waals surface area contributed by atoms with Gasteiger partial charge in [-0.25, -0.2) is 0 Å². The molecule has 2 aliphatic rings. The first-order valence-corrected chi connectivity index (χ1v) is 22.8. The molecule has 274 valence electrons. The van der Waals surface area contributed by atoms with Gasteiger partial charge in [-0.1, -0.05) is 0 Å². The molecule has 0 aliphatic heterocycles. The van der Waals surface area contributed by atoms with Gasteiger partial charge >= 0.3 is 314 Å². The second kappa shape index (κ2) is 16.2. The van der Waals surface area contributed by atoms with Crippen LogP contribution in [0.5, 0.6) is 0 Å². The van der Waals surface area contributed by atoms with Crippen LogP contribution in [0.3, 0.4) is 0 Å². The first kappa shape index (κ1) is 42.4. The number of aryl methyl sites for hydroxylation is 2. The average Bonchev–Trinajstić information content (AvgIpc) is 3.64. The van der Waals surface area contributed by atoms with Gasteiger partial charge in [-0.2, -0.15) is 0 Å². The van der Waals surface area contributed by atoms with Gasteiger partial charge in [-0.05, 0) is 0 Å². The van der Waals surface area contributed by atoms with Crippen molar-refractivity contribution in [3.63, 3.8) is 0 Å². The third kappa shape index (κ3) is 8.64. The Kier molecular flexibility index (Phi) is 13.2. The van der Waals surface area contributed by atoms with Crippen LogP contribution < -0.4 is 28.1 Å². The van der Waals surface area contributed by atoms with Crippen molar-refractivity contribution in [2.45, 2.75) is 120 Å². The van der Waals surface area contributed by atoms with Crippen LogP contribution in [-0.2, 0) is 38.5 Å². The van der Waals surface area contributed by atoms with Crippen molar-refractivity contribution in [1.82, 2.24) is 0 Å². The number of unbranched alkanes of at least 4 members (excludes halogenated alkanes) is 1. The Morgan fingerprint density at radius 1 is 0.673 bits per heavy atom. The van der Waals surface area contributed by atoms with Crippen molar-refractivity contribution in [1.29, 1.82) is 0 Å². The summed E-state index contributed by atoms with van der Waals surface area (Å²) in [7, 11) is 0. The maximum Gasteiger partial charge on any atom is -1.00 e. The maximum absolute atomic E-state index is 3.01. The van der Waals surface area contributed by atoms with Crippen LogP contribution in [0, 0.1) is 25.2 Å². The van der Waals surface area contributed by atoms with E-state index in [1.165, 1.54) is 69.3 Å². The molecule has 3 heteroatoms. The summed E-state index contributed by atoms with van der Waals surface area (Å²) in [5.41, 5.74) is 16.3. The Labute approximate surface area is 336 Å². The average molecular weight is 811 g/mol. The van der Waals surface area contributed by atoms with Gasteiger partial charge in [0.05, 0.1) is 0 Å². The van der Waals surface area contributed by atoms with E-state index in [-0.39, 0.29) is 41.1 Å². The molecular weight excluding hydrogens is 751 g/mol. The van der Waals surface area contributed by atoms with E-state index in [2.05, 4.69) is 174 Å². The van der Waals surface area contributed by atoms with Crippen molar-refractivity contribution in [3.8, 4) is 11.1 Å². The van der Waals surface area contributed by atoms with E-state index in [4.69, 9.17) is 0 Å². The Balaban J connectivity index is 0.00000302. The maximum atomic E-state index is 2.73. The summed E-state index contributed by atoms with van der Waals surface area (Å²) in [5.74, 6) is 0.490. The van der Waals surface area contributed by atoms with E-state index in [0.717, 1.165) is 6.42 Å². The summed E-state index contributed by atoms with van der Waals surface area (Å²) in [6, 6.07) is 31.5. The number of hydrogen-bond acceptors (Lipinski definition) is 0. The predicted octanol–water partition coefficient (Wildman–Crippen LogP) is 6.67. The third-order valence-corrected chi connectivity index (χ3v) is 19.0. The second-order valence-electron chi connectivity index (χ2n) is 18.3. The zero-order valence-electron chi connectivity index (χ0n) is 33.8. The Bertz CT molecular complexity index is 1950. The zero-order valence-corrected chi connectivity index (χ0v) is 37.8. The summed E-state index contributed by atoms with van der Waals surface area (Å²) >= 11 is -3.01. The molecule has 0 bridgehead atoms. The number of allylic oxidation sites excluding steroid dienone is 4. The van der Waals surface area contributed by atoms with Crippen LogP contribution in [-0.4, -0.2) is 3.21 Å². The number of hydrogen-bond donors (Lipinski definition) is 0. The zero-order chi connectivity index (χ0) is 36.2. The molecule has 0 radical (unpaired) electrons. The molecule has 0 N–H and O–H groups in total. The summed E-state index contributed by atoms with van der Waals surface area (Å²) in [6.07, 6.45) is 10.2. The van der Waals surface area contributed by atoms with Gasteiger partial charge in [0.15, 0.2) is 0 Å². The molecule has 0 saturated carbocycles. The van der Waals surface area contributed by atoms with Gasteiger partial charge in [-0.15, -0.1) is 0 Å². The first-order chi connectivity index (χ1) is 23.5. The molecule has 52 heavy (non-hydrogen) atoms. The normalized spacial score (nSPS) is 15.0. The van der Waals surface area contributed by atoms with E-state index in [1.54, 1.807) is 20.9 Å². The summed E-state index contributed by atoms with van der Waals surface area (Å²) < 4.78 is 5.14. The number of fused-ring (bicyclic) bond motifs is 3. The van der Waals surface area contributed by atoms with Crippen molar-refractivity contribution >= 4 is 6.48 Å². The molecule has 0 aromatic heterocycles. The van der Waals surface area contributed by atoms with Crippen LogP contribution in [0.4, 0.5) is 0 Å². The minimum Gasteiger partial charge on any atom is -1.00 e. The number of halogens is 2. The van der Waals surface area contributed by atoms with Crippen LogP contribution in [0.25, 0.3) is 11.1 Å². The summed E-state index contributed by atoms with van der Waals surface area (Å²) in [5, 5.41) is 0. The molecule has 6 rings (SSSR count). The van der Waals surface area contributed by atoms with E-state index < -0.39 is 21.3 Å². The SMILES string of the molecule is CCCCC1C=C(C(C)(C)C)C=[C]1[Zr+2](=[C](c1ccc(C)cc1)c1ccc(C)cc1)[c]1c(C(C)(C)C)ccc2c1Cc1cc(C(C)(C)C)ccc1-2.[Cl-].[Cl-]. The molecule has 0 fully saturated rings. The third-order valence-electron chi connectivity index (χ3n) is 11.0. The van der Waals surface area contributed by atoms with Crippen molar-refractivity contribution in [2.75, 3.05) is 0 Å². The topological polar surface area (TPSA) is 0 Å². The number of rotatable bonds is 7. The molecule has 0 heterocycles. The van der Waals surface area contributed by atoms with Crippen LogP contribution >= 0.6 is 0 Å². The standard InChI is InChI=1S/C21H25.C15H14.C13H21.2ClH.Zr/c1-20(2,3)16-7-9-18-14(12-16)11-15-13-17(21(4,5)6)8-10-19(15)18;1-12-3-7-14(8-4-12)11-15-9-5-13(2)6-10-15;1-5-6-7-11-8-9-12(10-11)13(2,3)4;;;/h7-10,12H,11H2,1-6H3;3-10H,1-2H3;9-11H,5-7H2,1-4H3;2*1H;/q;;;;;+2/p-2. The van der Waals surface area contributed by atoms with Crippen molar-refractivity contribution in [2.24, 2.45) is 11.3 Å². The van der Waals surface area contributed by atoms with Gasteiger partial charge in [0.1, 0.15) is 0 Å². The van der Waals surface area contributed by atoms with Gasteiger partial charge in [0.25, 0.3) is 0 Å². The molecule has 4 aromatic carbocycles. The van der Waals surface area contributed by atoms with Crippen molar-refractivity contribution < 1.29 is 46.1 Å². The molecule has 0 spiro atoms. The van der Waals surface area contributed by atoms with E-state index in [1.807, 2.05) is 0 Å². The minimum atomic E-state index is -3.01. The molecule has 1 atom stereocenters. The molecular formula is C49H60Cl2Zr. The van der Waals surface area contributed by atoms with Gasteiger partial charge < -0.3 is 24.8 Å². The monoisotopic (exact) mass is 808 g/mol. The summed E-state index contributed by atoms with van der Waals surface area (Å²) in [4.78, 5) is 0. The Hall–Kier alpha value is -2.31. The van der Waals surface area contributed by atoms with E-state index in [9.17, 15) is 0 Å². The fraction of sp³-hybridized carbons (Fsp3) is 0.408. The predicted molar refractivity (Wildman–Crippen MR) is 216 cm³/mol. The quantitative estimate of drug-likeness (QED) is 0.173. The molecule has 4 aromatic rings. The van der Waals surface area contributed by atoms with E-state index >= 15 is 0 Å². The molecule has 0 nitrogen and oxygen atoms in total. The van der Waals surface area contributed by atoms with E-state index in [0.29, 0.717) is 5.92 Å². The number of benzene rings is 4. The summed E-state index contributed by atoms with van der Waals surface area (Å²) in [6.45, 7) is 28.4. The molecule has 0 amide bonds. The Morgan fingerprint density at radius 2 is 1.23 bits per heavy atom. The van der Waals surface area contributed by atoms with Gasteiger partial charge in [0.2, 0.25) is 0 Å². The Morgan fingerprint density at radius 3 is 1.73 bits per heavy atom. The fourth-order valence-electron chi connectivity index (χ4n) is 7.98. The second-order valence-corrected chi connectivity index (χ2v) is 24.0. The van der Waals surface area contributed by atoms with Gasteiger partial charge in [0, 0.05) is 0 Å². The largest absolute Gasteiger partial charge is 1.00 e. The van der Waals surface area contributed by atoms with Crippen molar-refractivity contribution in [3.05, 3.63) is 144 Å². The first-order valence-electron chi connectivity index (χ1n) is 19.1. The van der Waals surface area contributed by atoms with Crippen LogP contribution in [0.1, 0.15) is 133 Å². The fourth-order valence-corrected chi connectivity index (χ4v) is 17.5. The minimum absolute atomic E-state index is 0. The smallest absolute Gasteiger partial charge is 1.00 e. The van der Waals surface area contributed by atoms with Gasteiger partial charge in [-0.3, -0.25) is 0 Å². The molecule has 0 saturated heterocycles. The van der Waals surface area contributed by atoms with Crippen LogP contribution in [0.2, 0.25) is 0 Å².